The van der Waals surface area contributed by atoms with Gasteiger partial charge in [-0.05, 0) is 32.3 Å². The molecule has 0 aliphatic rings. The molecule has 110 valence electrons. The minimum Gasteiger partial charge on any atom is -0.300 e. The minimum atomic E-state index is 0.323. The number of hydrogen-bond acceptors (Lipinski definition) is 2. The molecule has 0 unspecified atom stereocenters. The zero-order valence-electron chi connectivity index (χ0n) is 12.6. The molecule has 0 radical (unpaired) electrons. The molecule has 0 heterocycles. The number of carbonyl (C=O) groups excluding carboxylic acids is 2. The smallest absolute Gasteiger partial charge is 0.129 e. The van der Waals surface area contributed by atoms with Crippen LogP contribution in [0.5, 0.6) is 0 Å². The van der Waals surface area contributed by atoms with Crippen LogP contribution in [-0.2, 0) is 9.59 Å². The SMILES string of the molecule is CC(=O)CCCCCCCCCCCCCC=C=O. The van der Waals surface area contributed by atoms with Crippen LogP contribution >= 0.6 is 0 Å². The Morgan fingerprint density at radius 3 is 1.63 bits per heavy atom. The molecule has 0 amide bonds. The summed E-state index contributed by atoms with van der Waals surface area (Å²) in [4.78, 5) is 20.7. The van der Waals surface area contributed by atoms with Crippen LogP contribution in [0.2, 0.25) is 0 Å². The van der Waals surface area contributed by atoms with E-state index < -0.39 is 0 Å². The lowest BCUT2D eigenvalue weighted by Gasteiger charge is -2.02. The molecule has 0 saturated carbocycles. The quantitative estimate of drug-likeness (QED) is 0.326. The molecule has 0 fully saturated rings. The van der Waals surface area contributed by atoms with Crippen LogP contribution in [0.25, 0.3) is 0 Å². The Labute approximate surface area is 118 Å². The van der Waals surface area contributed by atoms with Crippen LogP contribution in [-0.4, -0.2) is 11.7 Å². The second-order valence-corrected chi connectivity index (χ2v) is 5.45. The van der Waals surface area contributed by atoms with Crippen LogP contribution in [0.4, 0.5) is 0 Å². The number of carbonyl (C=O) groups is 1. The molecule has 0 N–H and O–H groups in total. The van der Waals surface area contributed by atoms with Gasteiger partial charge in [0.15, 0.2) is 0 Å². The van der Waals surface area contributed by atoms with Crippen molar-refractivity contribution in [2.75, 3.05) is 0 Å². The van der Waals surface area contributed by atoms with Gasteiger partial charge in [0.05, 0.1) is 0 Å². The summed E-state index contributed by atoms with van der Waals surface area (Å²) in [5, 5.41) is 0. The number of Topliss-reactive ketones (excluding diaryl/α,β-unsaturated/α-hetero) is 1. The van der Waals surface area contributed by atoms with E-state index in [1.165, 1.54) is 57.8 Å². The van der Waals surface area contributed by atoms with Gasteiger partial charge in [-0.2, -0.15) is 0 Å². The molecule has 0 aliphatic heterocycles. The fraction of sp³-hybridized carbons (Fsp3) is 0.824. The van der Waals surface area contributed by atoms with Crippen LogP contribution in [0.15, 0.2) is 6.08 Å². The first-order valence-electron chi connectivity index (χ1n) is 7.96. The fourth-order valence-corrected chi connectivity index (χ4v) is 2.27. The van der Waals surface area contributed by atoms with E-state index in [0.29, 0.717) is 5.78 Å². The lowest BCUT2D eigenvalue weighted by Crippen LogP contribution is -1.89. The molecule has 0 spiro atoms. The topological polar surface area (TPSA) is 34.1 Å². The third-order valence-corrected chi connectivity index (χ3v) is 3.46. The van der Waals surface area contributed by atoms with E-state index in [4.69, 9.17) is 0 Å². The Balaban J connectivity index is 2.99. The van der Waals surface area contributed by atoms with E-state index in [-0.39, 0.29) is 0 Å². The standard InChI is InChI=1S/C17H30O2/c1-17(19)15-13-11-9-7-5-3-2-4-6-8-10-12-14-16-18/h14H,2-13,15H2,1H3. The summed E-state index contributed by atoms with van der Waals surface area (Å²) in [6.07, 6.45) is 17.2. The summed E-state index contributed by atoms with van der Waals surface area (Å²) in [5.41, 5.74) is 0. The van der Waals surface area contributed by atoms with Crippen molar-refractivity contribution in [2.45, 2.75) is 90.4 Å². The van der Waals surface area contributed by atoms with Crippen LogP contribution in [0.3, 0.4) is 0 Å². The molecule has 0 aromatic carbocycles. The van der Waals surface area contributed by atoms with Gasteiger partial charge in [0.1, 0.15) is 11.7 Å². The first-order valence-corrected chi connectivity index (χ1v) is 7.96. The second kappa shape index (κ2) is 15.2. The maximum Gasteiger partial charge on any atom is 0.129 e. The molecule has 0 atom stereocenters. The van der Waals surface area contributed by atoms with Gasteiger partial charge in [-0.3, -0.25) is 0 Å². The predicted molar refractivity (Wildman–Crippen MR) is 81.0 cm³/mol. The average molecular weight is 266 g/mol. The van der Waals surface area contributed by atoms with Crippen molar-refractivity contribution < 1.29 is 9.59 Å². The Kier molecular flexibility index (Phi) is 14.5. The maximum absolute atomic E-state index is 10.7. The van der Waals surface area contributed by atoms with E-state index >= 15 is 0 Å². The molecule has 0 aromatic rings. The lowest BCUT2D eigenvalue weighted by molar-refractivity contribution is -0.117. The van der Waals surface area contributed by atoms with Gasteiger partial charge in [-0.25, -0.2) is 4.79 Å². The molecule has 19 heavy (non-hydrogen) atoms. The maximum atomic E-state index is 10.7. The number of hydrogen-bond donors (Lipinski definition) is 0. The highest BCUT2D eigenvalue weighted by Gasteiger charge is 1.95. The molecule has 0 rings (SSSR count). The highest BCUT2D eigenvalue weighted by Crippen LogP contribution is 2.12. The first kappa shape index (κ1) is 18.1. The number of unbranched alkanes of at least 4 members (excludes halogenated alkanes) is 11. The minimum absolute atomic E-state index is 0.323. The van der Waals surface area contributed by atoms with Crippen molar-refractivity contribution in [3.63, 3.8) is 0 Å². The third kappa shape index (κ3) is 17.1. The second-order valence-electron chi connectivity index (χ2n) is 5.45. The summed E-state index contributed by atoms with van der Waals surface area (Å²) in [6, 6.07) is 0. The van der Waals surface area contributed by atoms with E-state index in [0.717, 1.165) is 25.7 Å². The molecule has 0 aromatic heterocycles. The van der Waals surface area contributed by atoms with Crippen molar-refractivity contribution in [1.82, 2.24) is 0 Å². The third-order valence-electron chi connectivity index (χ3n) is 3.46. The van der Waals surface area contributed by atoms with Crippen molar-refractivity contribution >= 4 is 11.7 Å². The van der Waals surface area contributed by atoms with E-state index in [2.05, 4.69) is 0 Å². The normalized spacial score (nSPS) is 10.2. The molecule has 0 saturated heterocycles. The summed E-state index contributed by atoms with van der Waals surface area (Å²) >= 11 is 0. The van der Waals surface area contributed by atoms with Crippen LogP contribution in [0.1, 0.15) is 90.4 Å². The Hall–Kier alpha value is -0.880. The fourth-order valence-electron chi connectivity index (χ4n) is 2.27. The Morgan fingerprint density at radius 1 is 0.789 bits per heavy atom. The molecule has 2 nitrogen and oxygen atoms in total. The number of ketones is 1. The zero-order valence-corrected chi connectivity index (χ0v) is 12.6. The highest BCUT2D eigenvalue weighted by atomic mass is 16.1. The van der Waals surface area contributed by atoms with Crippen molar-refractivity contribution in [1.29, 1.82) is 0 Å². The number of rotatable bonds is 14. The summed E-state index contributed by atoms with van der Waals surface area (Å²) in [5.74, 6) is 2.14. The Morgan fingerprint density at radius 2 is 1.21 bits per heavy atom. The van der Waals surface area contributed by atoms with Gasteiger partial charge in [-0.1, -0.05) is 57.8 Å². The molecule has 2 heteroatoms. The predicted octanol–water partition coefficient (Wildman–Crippen LogP) is 5.03. The lowest BCUT2D eigenvalue weighted by atomic mass is 10.0. The van der Waals surface area contributed by atoms with Gasteiger partial charge in [-0.15, -0.1) is 0 Å². The van der Waals surface area contributed by atoms with Gasteiger partial charge in [0.2, 0.25) is 0 Å². The zero-order chi connectivity index (χ0) is 14.2. The van der Waals surface area contributed by atoms with E-state index in [9.17, 15) is 9.59 Å². The van der Waals surface area contributed by atoms with Gasteiger partial charge >= 0.3 is 0 Å². The van der Waals surface area contributed by atoms with Gasteiger partial charge in [0.25, 0.3) is 0 Å². The Bertz CT molecular complexity index is 240. The highest BCUT2D eigenvalue weighted by molar-refractivity contribution is 5.75. The number of allylic oxidation sites excluding steroid dienone is 1. The van der Waals surface area contributed by atoms with E-state index in [1.807, 2.05) is 5.94 Å². The molecular weight excluding hydrogens is 236 g/mol. The average Bonchev–Trinajstić information content (AvgIpc) is 2.39. The summed E-state index contributed by atoms with van der Waals surface area (Å²) in [7, 11) is 0. The van der Waals surface area contributed by atoms with Gasteiger partial charge < -0.3 is 4.79 Å². The first-order chi connectivity index (χ1) is 9.27. The van der Waals surface area contributed by atoms with Crippen molar-refractivity contribution in [2.24, 2.45) is 0 Å². The van der Waals surface area contributed by atoms with Crippen molar-refractivity contribution in [3.8, 4) is 0 Å². The molecule has 0 aliphatic carbocycles. The van der Waals surface area contributed by atoms with Crippen LogP contribution in [0, 0.1) is 0 Å². The van der Waals surface area contributed by atoms with Gasteiger partial charge in [0, 0.05) is 6.42 Å². The summed E-state index contributed by atoms with van der Waals surface area (Å²) in [6.45, 7) is 1.68. The van der Waals surface area contributed by atoms with E-state index in [1.54, 1.807) is 13.0 Å². The van der Waals surface area contributed by atoms with Crippen LogP contribution < -0.4 is 0 Å². The largest absolute Gasteiger partial charge is 0.300 e. The molecular formula is C17H30O2. The van der Waals surface area contributed by atoms with Crippen molar-refractivity contribution in [3.05, 3.63) is 6.08 Å². The molecule has 0 bridgehead atoms. The monoisotopic (exact) mass is 266 g/mol. The summed E-state index contributed by atoms with van der Waals surface area (Å²) < 4.78 is 0.